The summed E-state index contributed by atoms with van der Waals surface area (Å²) in [6, 6.07) is 17.5. The number of ether oxygens (including phenoxy) is 4. The van der Waals surface area contributed by atoms with Crippen LogP contribution in [0.25, 0.3) is 5.70 Å². The lowest BCUT2D eigenvalue weighted by Gasteiger charge is -2.41. The molecule has 2 atom stereocenters. The molecule has 2 aliphatic heterocycles. The van der Waals surface area contributed by atoms with Gasteiger partial charge in [0.1, 0.15) is 6.04 Å². The monoisotopic (exact) mass is 514 g/mol. The van der Waals surface area contributed by atoms with Gasteiger partial charge in [0.15, 0.2) is 23.0 Å². The standard InChI is InChI=1S/C30H30N2O6/c1-35-24-11-10-19(14-25(24)36-2)22-16-23-21-17-27(38-4)26(37-3)15-20(21)12-13-32(23)30(34)28(22)31-29(33)18-8-6-5-7-9-18/h5-11,14-17,22,28H,12-13H2,1-4H3,(H,31,33). The summed E-state index contributed by atoms with van der Waals surface area (Å²) in [7, 11) is 6.34. The second-order valence-electron chi connectivity index (χ2n) is 9.11. The van der Waals surface area contributed by atoms with Crippen LogP contribution in [0.1, 0.15) is 33.0 Å². The van der Waals surface area contributed by atoms with Crippen LogP contribution in [0.2, 0.25) is 0 Å². The fourth-order valence-corrected chi connectivity index (χ4v) is 5.18. The highest BCUT2D eigenvalue weighted by molar-refractivity contribution is 6.01. The quantitative estimate of drug-likeness (QED) is 0.512. The summed E-state index contributed by atoms with van der Waals surface area (Å²) in [6.07, 6.45) is 2.70. The predicted octanol–water partition coefficient (Wildman–Crippen LogP) is 4.04. The lowest BCUT2D eigenvalue weighted by atomic mass is 9.82. The van der Waals surface area contributed by atoms with Gasteiger partial charge < -0.3 is 29.2 Å². The van der Waals surface area contributed by atoms with Crippen molar-refractivity contribution >= 4 is 17.5 Å². The Morgan fingerprint density at radius 2 is 1.50 bits per heavy atom. The Hall–Kier alpha value is -4.46. The van der Waals surface area contributed by atoms with Crippen LogP contribution < -0.4 is 24.3 Å². The normalized spacial score (nSPS) is 18.1. The maximum atomic E-state index is 14.0. The average Bonchev–Trinajstić information content (AvgIpc) is 2.97. The van der Waals surface area contributed by atoms with E-state index in [0.29, 0.717) is 41.5 Å². The third-order valence-electron chi connectivity index (χ3n) is 7.12. The van der Waals surface area contributed by atoms with E-state index in [1.165, 1.54) is 0 Å². The van der Waals surface area contributed by atoms with Crippen molar-refractivity contribution < 1.29 is 28.5 Å². The van der Waals surface area contributed by atoms with Crippen LogP contribution in [0.3, 0.4) is 0 Å². The zero-order chi connectivity index (χ0) is 26.8. The Kier molecular flexibility index (Phi) is 6.96. The highest BCUT2D eigenvalue weighted by Crippen LogP contribution is 2.43. The van der Waals surface area contributed by atoms with Gasteiger partial charge in [-0.05, 0) is 60.0 Å². The summed E-state index contributed by atoms with van der Waals surface area (Å²) in [5, 5.41) is 3.01. The molecule has 0 aromatic heterocycles. The fourth-order valence-electron chi connectivity index (χ4n) is 5.18. The molecule has 0 fully saturated rings. The second kappa shape index (κ2) is 10.5. The number of hydrogen-bond donors (Lipinski definition) is 1. The number of fused-ring (bicyclic) bond motifs is 3. The zero-order valence-corrected chi connectivity index (χ0v) is 21.8. The predicted molar refractivity (Wildman–Crippen MR) is 143 cm³/mol. The molecule has 2 heterocycles. The first-order chi connectivity index (χ1) is 18.5. The lowest BCUT2D eigenvalue weighted by Crippen LogP contribution is -2.54. The second-order valence-corrected chi connectivity index (χ2v) is 9.11. The first-order valence-corrected chi connectivity index (χ1v) is 12.3. The van der Waals surface area contributed by atoms with Gasteiger partial charge in [-0.15, -0.1) is 0 Å². The molecule has 2 amide bonds. The highest BCUT2D eigenvalue weighted by atomic mass is 16.5. The number of nitrogens with one attached hydrogen (secondary N) is 1. The minimum Gasteiger partial charge on any atom is -0.493 e. The van der Waals surface area contributed by atoms with Crippen molar-refractivity contribution in [2.24, 2.45) is 0 Å². The lowest BCUT2D eigenvalue weighted by molar-refractivity contribution is -0.131. The number of nitrogens with zero attached hydrogens (tertiary/aromatic N) is 1. The maximum absolute atomic E-state index is 14.0. The molecule has 38 heavy (non-hydrogen) atoms. The van der Waals surface area contributed by atoms with Crippen LogP contribution in [0, 0.1) is 0 Å². The minimum atomic E-state index is -0.814. The van der Waals surface area contributed by atoms with E-state index in [-0.39, 0.29) is 11.8 Å². The molecule has 2 aliphatic rings. The SMILES string of the molecule is COc1ccc(C2C=C3c4cc(OC)c(OC)cc4CCN3C(=O)C2NC(=O)c2ccccc2)cc1OC. The number of benzene rings is 3. The van der Waals surface area contributed by atoms with E-state index in [1.807, 2.05) is 42.5 Å². The Morgan fingerprint density at radius 3 is 2.18 bits per heavy atom. The zero-order valence-electron chi connectivity index (χ0n) is 21.8. The Morgan fingerprint density at radius 1 is 0.842 bits per heavy atom. The number of carbonyl (C=O) groups excluding carboxylic acids is 2. The molecule has 3 aromatic rings. The summed E-state index contributed by atoms with van der Waals surface area (Å²) in [6.45, 7) is 0.490. The molecule has 0 saturated heterocycles. The van der Waals surface area contributed by atoms with E-state index < -0.39 is 12.0 Å². The van der Waals surface area contributed by atoms with Crippen LogP contribution in [0.15, 0.2) is 66.7 Å². The van der Waals surface area contributed by atoms with Gasteiger partial charge in [0.25, 0.3) is 11.8 Å². The van der Waals surface area contributed by atoms with Crippen molar-refractivity contribution in [1.82, 2.24) is 10.2 Å². The minimum absolute atomic E-state index is 0.174. The molecular weight excluding hydrogens is 484 g/mol. The number of hydrogen-bond acceptors (Lipinski definition) is 6. The molecule has 3 aromatic carbocycles. The van der Waals surface area contributed by atoms with E-state index in [4.69, 9.17) is 18.9 Å². The van der Waals surface area contributed by atoms with E-state index >= 15 is 0 Å². The van der Waals surface area contributed by atoms with Crippen molar-refractivity contribution in [3.05, 3.63) is 89.0 Å². The molecule has 0 aliphatic carbocycles. The summed E-state index contributed by atoms with van der Waals surface area (Å²) >= 11 is 0. The Balaban J connectivity index is 1.63. The third-order valence-corrected chi connectivity index (χ3v) is 7.12. The topological polar surface area (TPSA) is 86.3 Å². The Bertz CT molecular complexity index is 1400. The van der Waals surface area contributed by atoms with Gasteiger partial charge in [-0.2, -0.15) is 0 Å². The van der Waals surface area contributed by atoms with Crippen LogP contribution in [-0.4, -0.2) is 57.7 Å². The van der Waals surface area contributed by atoms with E-state index in [0.717, 1.165) is 22.4 Å². The van der Waals surface area contributed by atoms with Crippen molar-refractivity contribution in [2.75, 3.05) is 35.0 Å². The van der Waals surface area contributed by atoms with Crippen LogP contribution in [0.4, 0.5) is 0 Å². The molecule has 0 bridgehead atoms. The molecule has 8 nitrogen and oxygen atoms in total. The highest BCUT2D eigenvalue weighted by Gasteiger charge is 2.41. The van der Waals surface area contributed by atoms with Gasteiger partial charge in [0, 0.05) is 29.3 Å². The molecule has 1 N–H and O–H groups in total. The smallest absolute Gasteiger partial charge is 0.251 e. The van der Waals surface area contributed by atoms with Gasteiger partial charge in [0.2, 0.25) is 0 Å². The average molecular weight is 515 g/mol. The number of carbonyl (C=O) groups is 2. The molecule has 2 unspecified atom stereocenters. The summed E-state index contributed by atoms with van der Waals surface area (Å²) < 4.78 is 22.0. The van der Waals surface area contributed by atoms with Crippen LogP contribution in [0.5, 0.6) is 23.0 Å². The molecule has 5 rings (SSSR count). The number of amides is 2. The largest absolute Gasteiger partial charge is 0.493 e. The van der Waals surface area contributed by atoms with E-state index in [1.54, 1.807) is 57.6 Å². The number of rotatable bonds is 7. The van der Waals surface area contributed by atoms with Gasteiger partial charge in [0.05, 0.1) is 28.4 Å². The van der Waals surface area contributed by atoms with Crippen molar-refractivity contribution in [3.63, 3.8) is 0 Å². The van der Waals surface area contributed by atoms with Crippen molar-refractivity contribution in [2.45, 2.75) is 18.4 Å². The first-order valence-electron chi connectivity index (χ1n) is 12.3. The molecule has 8 heteroatoms. The summed E-state index contributed by atoms with van der Waals surface area (Å²) in [5.41, 5.74) is 4.05. The van der Waals surface area contributed by atoms with Gasteiger partial charge in [-0.3, -0.25) is 9.59 Å². The van der Waals surface area contributed by atoms with E-state index in [9.17, 15) is 9.59 Å². The van der Waals surface area contributed by atoms with Crippen LogP contribution in [-0.2, 0) is 11.2 Å². The Labute approximate surface area is 221 Å². The number of methoxy groups -OCH3 is 4. The maximum Gasteiger partial charge on any atom is 0.251 e. The molecule has 0 radical (unpaired) electrons. The van der Waals surface area contributed by atoms with Gasteiger partial charge >= 0.3 is 0 Å². The fraction of sp³-hybridized carbons (Fsp3) is 0.267. The molecule has 196 valence electrons. The van der Waals surface area contributed by atoms with Gasteiger partial charge in [-0.1, -0.05) is 24.3 Å². The first kappa shape index (κ1) is 25.2. The van der Waals surface area contributed by atoms with Crippen molar-refractivity contribution in [1.29, 1.82) is 0 Å². The van der Waals surface area contributed by atoms with E-state index in [2.05, 4.69) is 5.32 Å². The summed E-state index contributed by atoms with van der Waals surface area (Å²) in [4.78, 5) is 29.0. The molecular formula is C30H30N2O6. The van der Waals surface area contributed by atoms with Gasteiger partial charge in [-0.25, -0.2) is 0 Å². The molecule has 0 spiro atoms. The summed E-state index contributed by atoms with van der Waals surface area (Å²) in [5.74, 6) is 1.41. The van der Waals surface area contributed by atoms with Crippen LogP contribution >= 0.6 is 0 Å². The van der Waals surface area contributed by atoms with Crippen molar-refractivity contribution in [3.8, 4) is 23.0 Å². The molecule has 0 saturated carbocycles. The third kappa shape index (κ3) is 4.42.